The van der Waals surface area contributed by atoms with E-state index in [1.165, 1.54) is 0 Å². The van der Waals surface area contributed by atoms with Crippen molar-refractivity contribution in [2.24, 2.45) is 0 Å². The number of aromatic nitrogens is 1. The van der Waals surface area contributed by atoms with Gasteiger partial charge in [0.05, 0.1) is 19.2 Å². The summed E-state index contributed by atoms with van der Waals surface area (Å²) in [5.41, 5.74) is 1.58. The fourth-order valence-corrected chi connectivity index (χ4v) is 4.67. The minimum absolute atomic E-state index is 0.0412. The highest BCUT2D eigenvalue weighted by atomic mass is 16.5. The van der Waals surface area contributed by atoms with Gasteiger partial charge in [0.15, 0.2) is 0 Å². The second-order valence-corrected chi connectivity index (χ2v) is 7.46. The second kappa shape index (κ2) is 7.62. The van der Waals surface area contributed by atoms with Crippen molar-refractivity contribution in [2.75, 3.05) is 20.2 Å². The van der Waals surface area contributed by atoms with Gasteiger partial charge >= 0.3 is 0 Å². The van der Waals surface area contributed by atoms with Crippen LogP contribution in [0.5, 0.6) is 5.75 Å². The number of benzene rings is 1. The Morgan fingerprint density at radius 2 is 1.89 bits per heavy atom. The molecule has 146 valence electrons. The van der Waals surface area contributed by atoms with Gasteiger partial charge in [-0.25, -0.2) is 0 Å². The number of hydrogen-bond donors (Lipinski definition) is 0. The Labute approximate surface area is 165 Å². The molecule has 0 saturated carbocycles. The Morgan fingerprint density at radius 1 is 1.11 bits per heavy atom. The van der Waals surface area contributed by atoms with E-state index in [-0.39, 0.29) is 29.8 Å². The lowest BCUT2D eigenvalue weighted by Gasteiger charge is -2.41. The molecule has 0 aliphatic carbocycles. The van der Waals surface area contributed by atoms with Crippen LogP contribution in [-0.4, -0.2) is 58.9 Å². The van der Waals surface area contributed by atoms with Crippen LogP contribution in [0.25, 0.3) is 0 Å². The van der Waals surface area contributed by atoms with Gasteiger partial charge in [-0.1, -0.05) is 18.2 Å². The third-order valence-electron chi connectivity index (χ3n) is 5.95. The van der Waals surface area contributed by atoms with E-state index < -0.39 is 0 Å². The summed E-state index contributed by atoms with van der Waals surface area (Å²) in [7, 11) is 1.65. The Bertz CT molecular complexity index is 853. The zero-order chi connectivity index (χ0) is 19.7. The maximum Gasteiger partial charge on any atom is 0.272 e. The number of hydrogen-bond acceptors (Lipinski definition) is 4. The fraction of sp³-hybridized carbons (Fsp3) is 0.409. The number of piperidine rings is 1. The molecule has 0 bridgehead atoms. The van der Waals surface area contributed by atoms with Gasteiger partial charge in [0.25, 0.3) is 5.91 Å². The van der Waals surface area contributed by atoms with Gasteiger partial charge in [-0.05, 0) is 42.7 Å². The molecule has 3 heterocycles. The zero-order valence-electron chi connectivity index (χ0n) is 16.2. The molecule has 4 rings (SSSR count). The lowest BCUT2D eigenvalue weighted by Crippen LogP contribution is -2.54. The smallest absolute Gasteiger partial charge is 0.272 e. The maximum atomic E-state index is 13.2. The summed E-state index contributed by atoms with van der Waals surface area (Å²) in [5.74, 6) is 0.886. The highest BCUT2D eigenvalue weighted by Crippen LogP contribution is 2.41. The van der Waals surface area contributed by atoms with Crippen molar-refractivity contribution in [3.63, 3.8) is 0 Å². The predicted molar refractivity (Wildman–Crippen MR) is 105 cm³/mol. The number of ether oxygens (including phenoxy) is 1. The number of methoxy groups -OCH3 is 1. The maximum absolute atomic E-state index is 13.2. The molecule has 0 radical (unpaired) electrons. The zero-order valence-corrected chi connectivity index (χ0v) is 16.2. The van der Waals surface area contributed by atoms with Crippen LogP contribution in [-0.2, 0) is 4.79 Å². The average molecular weight is 379 g/mol. The first-order valence-electron chi connectivity index (χ1n) is 9.73. The molecule has 2 aliphatic heterocycles. The van der Waals surface area contributed by atoms with Gasteiger partial charge < -0.3 is 14.5 Å². The molecule has 0 unspecified atom stereocenters. The van der Waals surface area contributed by atoms with E-state index >= 15 is 0 Å². The van der Waals surface area contributed by atoms with E-state index in [9.17, 15) is 9.59 Å². The molecule has 6 nitrogen and oxygen atoms in total. The third kappa shape index (κ3) is 3.23. The van der Waals surface area contributed by atoms with Crippen molar-refractivity contribution in [1.82, 2.24) is 14.8 Å². The van der Waals surface area contributed by atoms with Gasteiger partial charge in [-0.15, -0.1) is 0 Å². The largest absolute Gasteiger partial charge is 0.497 e. The molecule has 2 amide bonds. The molecule has 0 spiro atoms. The van der Waals surface area contributed by atoms with Crippen LogP contribution in [0, 0.1) is 0 Å². The fourth-order valence-electron chi connectivity index (χ4n) is 4.67. The van der Waals surface area contributed by atoms with Crippen LogP contribution in [0.4, 0.5) is 0 Å². The number of nitrogens with zero attached hydrogens (tertiary/aromatic N) is 3. The van der Waals surface area contributed by atoms with Crippen molar-refractivity contribution < 1.29 is 14.3 Å². The van der Waals surface area contributed by atoms with Crippen molar-refractivity contribution in [3.05, 3.63) is 59.9 Å². The second-order valence-electron chi connectivity index (χ2n) is 7.46. The van der Waals surface area contributed by atoms with E-state index in [2.05, 4.69) is 4.98 Å². The summed E-state index contributed by atoms with van der Waals surface area (Å²) >= 11 is 0. The summed E-state index contributed by atoms with van der Waals surface area (Å²) in [6.45, 7) is 2.94. The summed E-state index contributed by atoms with van der Waals surface area (Å²) in [4.78, 5) is 33.7. The van der Waals surface area contributed by atoms with E-state index in [4.69, 9.17) is 4.74 Å². The number of fused-ring (bicyclic) bond motifs is 1. The first-order chi connectivity index (χ1) is 13.6. The van der Waals surface area contributed by atoms with Crippen LogP contribution in [0.15, 0.2) is 48.7 Å². The lowest BCUT2D eigenvalue weighted by atomic mass is 9.85. The Hall–Kier alpha value is -2.89. The topological polar surface area (TPSA) is 62.7 Å². The van der Waals surface area contributed by atoms with Crippen molar-refractivity contribution >= 4 is 11.8 Å². The molecule has 3 atom stereocenters. The summed E-state index contributed by atoms with van der Waals surface area (Å²) in [6.07, 6.45) is 3.45. The van der Waals surface area contributed by atoms with Gasteiger partial charge in [-0.2, -0.15) is 0 Å². The summed E-state index contributed by atoms with van der Waals surface area (Å²) in [6, 6.07) is 13.4. The highest BCUT2D eigenvalue weighted by Gasteiger charge is 2.49. The molecule has 2 aliphatic rings. The van der Waals surface area contributed by atoms with Crippen LogP contribution >= 0.6 is 0 Å². The van der Waals surface area contributed by atoms with Gasteiger partial charge in [0.1, 0.15) is 11.4 Å². The summed E-state index contributed by atoms with van der Waals surface area (Å²) < 4.78 is 5.28. The molecular formula is C22H25N3O3. The average Bonchev–Trinajstić information content (AvgIpc) is 3.14. The minimum Gasteiger partial charge on any atom is -0.497 e. The predicted octanol–water partition coefficient (Wildman–Crippen LogP) is 2.71. The number of likely N-dealkylation sites (tertiary alicyclic amines) is 2. The number of carbonyl (C=O) groups excluding carboxylic acids is 2. The number of carbonyl (C=O) groups is 2. The monoisotopic (exact) mass is 379 g/mol. The van der Waals surface area contributed by atoms with E-state index in [0.717, 1.165) is 24.2 Å². The van der Waals surface area contributed by atoms with Crippen LogP contribution in [0.3, 0.4) is 0 Å². The van der Waals surface area contributed by atoms with E-state index in [0.29, 0.717) is 18.8 Å². The number of pyridine rings is 1. The molecule has 0 N–H and O–H groups in total. The molecule has 2 aromatic rings. The first kappa shape index (κ1) is 18.5. The molecule has 6 heteroatoms. The molecule has 2 fully saturated rings. The lowest BCUT2D eigenvalue weighted by molar-refractivity contribution is -0.130. The third-order valence-corrected chi connectivity index (χ3v) is 5.95. The van der Waals surface area contributed by atoms with Crippen LogP contribution in [0.1, 0.15) is 41.7 Å². The quantitative estimate of drug-likeness (QED) is 0.823. The molecule has 1 aromatic carbocycles. The van der Waals surface area contributed by atoms with Crippen LogP contribution in [0.2, 0.25) is 0 Å². The molecular weight excluding hydrogens is 354 g/mol. The first-order valence-corrected chi connectivity index (χ1v) is 9.73. The Balaban J connectivity index is 1.70. The molecule has 28 heavy (non-hydrogen) atoms. The van der Waals surface area contributed by atoms with E-state index in [1.54, 1.807) is 26.3 Å². The van der Waals surface area contributed by atoms with E-state index in [1.807, 2.05) is 46.2 Å². The summed E-state index contributed by atoms with van der Waals surface area (Å²) in [5, 5.41) is 0. The van der Waals surface area contributed by atoms with Crippen molar-refractivity contribution in [2.45, 2.75) is 37.8 Å². The van der Waals surface area contributed by atoms with Crippen molar-refractivity contribution in [1.29, 1.82) is 0 Å². The van der Waals surface area contributed by atoms with Gasteiger partial charge in [0, 0.05) is 32.1 Å². The van der Waals surface area contributed by atoms with Crippen molar-refractivity contribution in [3.8, 4) is 5.75 Å². The van der Waals surface area contributed by atoms with Crippen LogP contribution < -0.4 is 4.74 Å². The Kier molecular flexibility index (Phi) is 5.03. The standard InChI is InChI=1S/C22H25N3O3/c1-15(26)25-14-18(16-8-10-17(28-2)11-9-16)21-20(25)7-5-13-24(21)22(27)19-6-3-4-12-23-19/h3-4,6,8-12,18,20-21H,5,7,13-14H2,1-2H3/t18-,20-,21-/m1/s1. The number of rotatable bonds is 3. The SMILES string of the molecule is COc1ccc([C@H]2CN(C(C)=O)[C@@H]3CCCN(C(=O)c4ccccn4)[C@H]23)cc1. The highest BCUT2D eigenvalue weighted by molar-refractivity contribution is 5.92. The molecule has 1 aromatic heterocycles. The normalized spacial score (nSPS) is 24.0. The van der Waals surface area contributed by atoms with Gasteiger partial charge in [-0.3, -0.25) is 14.6 Å². The van der Waals surface area contributed by atoms with Gasteiger partial charge in [0.2, 0.25) is 5.91 Å². The number of amides is 2. The minimum atomic E-state index is -0.0563. The Morgan fingerprint density at radius 3 is 2.54 bits per heavy atom. The molecule has 2 saturated heterocycles.